The third-order valence-corrected chi connectivity index (χ3v) is 2.45. The van der Waals surface area contributed by atoms with E-state index in [-0.39, 0.29) is 11.5 Å². The second-order valence-corrected chi connectivity index (χ2v) is 4.79. The summed E-state index contributed by atoms with van der Waals surface area (Å²) in [5.74, 6) is 1.09. The van der Waals surface area contributed by atoms with Gasteiger partial charge in [0.15, 0.2) is 0 Å². The third-order valence-electron chi connectivity index (χ3n) is 2.45. The zero-order valence-electron chi connectivity index (χ0n) is 11.9. The van der Waals surface area contributed by atoms with Crippen LogP contribution in [0.3, 0.4) is 0 Å². The van der Waals surface area contributed by atoms with E-state index >= 15 is 0 Å². The molecule has 19 heavy (non-hydrogen) atoms. The molecule has 1 rings (SSSR count). The van der Waals surface area contributed by atoms with Gasteiger partial charge in [-0.2, -0.15) is 4.98 Å². The van der Waals surface area contributed by atoms with E-state index in [1.54, 1.807) is 6.92 Å². The maximum atomic E-state index is 11.1. The van der Waals surface area contributed by atoms with Crippen molar-refractivity contribution in [1.29, 1.82) is 0 Å². The number of aryl methyl sites for hydroxylation is 1. The van der Waals surface area contributed by atoms with Crippen LogP contribution in [0.2, 0.25) is 0 Å². The van der Waals surface area contributed by atoms with Crippen LogP contribution in [0.25, 0.3) is 0 Å². The summed E-state index contributed by atoms with van der Waals surface area (Å²) in [6.45, 7) is 9.08. The lowest BCUT2D eigenvalue weighted by Crippen LogP contribution is -2.14. The molecule has 0 unspecified atom stereocenters. The minimum absolute atomic E-state index is 0.0531. The first-order chi connectivity index (χ1) is 8.95. The number of hydrogen-bond donors (Lipinski definition) is 2. The lowest BCUT2D eigenvalue weighted by atomic mass is 10.2. The SMILES string of the molecule is CCCNc1nc(C)c([N+](=O)[O-])c(NCC(C)C)n1. The van der Waals surface area contributed by atoms with Gasteiger partial charge in [0.1, 0.15) is 5.69 Å². The van der Waals surface area contributed by atoms with E-state index in [1.807, 2.05) is 20.8 Å². The molecular weight excluding hydrogens is 246 g/mol. The predicted molar refractivity (Wildman–Crippen MR) is 75.5 cm³/mol. The number of nitrogens with zero attached hydrogens (tertiary/aromatic N) is 3. The van der Waals surface area contributed by atoms with Gasteiger partial charge in [-0.15, -0.1) is 0 Å². The van der Waals surface area contributed by atoms with Crippen LogP contribution in [-0.2, 0) is 0 Å². The van der Waals surface area contributed by atoms with Crippen LogP contribution < -0.4 is 10.6 Å². The van der Waals surface area contributed by atoms with E-state index in [0.29, 0.717) is 24.1 Å². The van der Waals surface area contributed by atoms with Gasteiger partial charge >= 0.3 is 5.69 Å². The minimum Gasteiger partial charge on any atom is -0.364 e. The van der Waals surface area contributed by atoms with Crippen LogP contribution in [0.4, 0.5) is 17.5 Å². The molecule has 1 aromatic heterocycles. The van der Waals surface area contributed by atoms with E-state index in [4.69, 9.17) is 0 Å². The first-order valence-corrected chi connectivity index (χ1v) is 6.46. The summed E-state index contributed by atoms with van der Waals surface area (Å²) in [6, 6.07) is 0. The van der Waals surface area contributed by atoms with Gasteiger partial charge < -0.3 is 10.6 Å². The zero-order chi connectivity index (χ0) is 14.4. The van der Waals surface area contributed by atoms with E-state index in [2.05, 4.69) is 20.6 Å². The zero-order valence-corrected chi connectivity index (χ0v) is 11.9. The highest BCUT2D eigenvalue weighted by Crippen LogP contribution is 2.26. The predicted octanol–water partition coefficient (Wildman–Crippen LogP) is 2.58. The molecule has 2 N–H and O–H groups in total. The summed E-state index contributed by atoms with van der Waals surface area (Å²) in [4.78, 5) is 18.9. The Bertz CT molecular complexity index is 448. The smallest absolute Gasteiger partial charge is 0.332 e. The number of anilines is 2. The standard InChI is InChI=1S/C12H21N5O2/c1-5-6-13-12-15-9(4)10(17(18)19)11(16-12)14-7-8(2)3/h8H,5-7H2,1-4H3,(H2,13,14,15,16). The molecule has 0 saturated heterocycles. The van der Waals surface area contributed by atoms with E-state index in [0.717, 1.165) is 13.0 Å². The van der Waals surface area contributed by atoms with Gasteiger partial charge in [-0.1, -0.05) is 20.8 Å². The van der Waals surface area contributed by atoms with Gasteiger partial charge in [0.2, 0.25) is 11.8 Å². The number of rotatable bonds is 7. The first-order valence-electron chi connectivity index (χ1n) is 6.46. The average Bonchev–Trinajstić information content (AvgIpc) is 2.32. The highest BCUT2D eigenvalue weighted by molar-refractivity contribution is 5.60. The molecule has 7 heteroatoms. The number of hydrogen-bond acceptors (Lipinski definition) is 6. The van der Waals surface area contributed by atoms with Gasteiger partial charge in [0, 0.05) is 13.1 Å². The molecule has 0 bridgehead atoms. The van der Waals surface area contributed by atoms with Crippen molar-refractivity contribution in [2.75, 3.05) is 23.7 Å². The van der Waals surface area contributed by atoms with Crippen LogP contribution in [-0.4, -0.2) is 28.0 Å². The number of aromatic nitrogens is 2. The normalized spacial score (nSPS) is 10.6. The second-order valence-electron chi connectivity index (χ2n) is 4.79. The molecule has 0 aliphatic carbocycles. The van der Waals surface area contributed by atoms with Gasteiger partial charge in [-0.25, -0.2) is 4.98 Å². The first kappa shape index (κ1) is 15.1. The second kappa shape index (κ2) is 6.86. The molecule has 7 nitrogen and oxygen atoms in total. The van der Waals surface area contributed by atoms with Crippen molar-refractivity contribution in [1.82, 2.24) is 9.97 Å². The van der Waals surface area contributed by atoms with Crippen molar-refractivity contribution in [3.8, 4) is 0 Å². The average molecular weight is 267 g/mol. The lowest BCUT2D eigenvalue weighted by molar-refractivity contribution is -0.385. The van der Waals surface area contributed by atoms with E-state index in [9.17, 15) is 10.1 Å². The quantitative estimate of drug-likeness (QED) is 0.582. The van der Waals surface area contributed by atoms with Crippen LogP contribution >= 0.6 is 0 Å². The molecule has 1 aromatic rings. The fraction of sp³-hybridized carbons (Fsp3) is 0.667. The Morgan fingerprint density at radius 2 is 2.00 bits per heavy atom. The largest absolute Gasteiger partial charge is 0.364 e. The molecule has 0 atom stereocenters. The number of nitro groups is 1. The third kappa shape index (κ3) is 4.35. The van der Waals surface area contributed by atoms with Crippen LogP contribution in [0, 0.1) is 23.0 Å². The molecule has 0 aromatic carbocycles. The number of nitrogens with one attached hydrogen (secondary N) is 2. The monoisotopic (exact) mass is 267 g/mol. The lowest BCUT2D eigenvalue weighted by Gasteiger charge is -2.11. The molecule has 0 amide bonds. The summed E-state index contributed by atoms with van der Waals surface area (Å²) in [7, 11) is 0. The molecule has 0 saturated carbocycles. The summed E-state index contributed by atoms with van der Waals surface area (Å²) in [5.41, 5.74) is 0.313. The Balaban J connectivity index is 3.06. The van der Waals surface area contributed by atoms with Crippen molar-refractivity contribution in [2.45, 2.75) is 34.1 Å². The topological polar surface area (TPSA) is 93.0 Å². The Kier molecular flexibility index (Phi) is 5.47. The van der Waals surface area contributed by atoms with E-state index < -0.39 is 4.92 Å². The highest BCUT2D eigenvalue weighted by Gasteiger charge is 2.21. The minimum atomic E-state index is -0.443. The Morgan fingerprint density at radius 1 is 1.32 bits per heavy atom. The van der Waals surface area contributed by atoms with Crippen molar-refractivity contribution >= 4 is 17.5 Å². The summed E-state index contributed by atoms with van der Waals surface area (Å²) < 4.78 is 0. The fourth-order valence-corrected chi connectivity index (χ4v) is 1.53. The molecule has 1 heterocycles. The summed E-state index contributed by atoms with van der Waals surface area (Å²) in [6.07, 6.45) is 0.939. The molecule has 0 aliphatic rings. The Morgan fingerprint density at radius 3 is 2.53 bits per heavy atom. The maximum Gasteiger partial charge on any atom is 0.332 e. The van der Waals surface area contributed by atoms with Crippen molar-refractivity contribution in [3.05, 3.63) is 15.8 Å². The Hall–Kier alpha value is -1.92. The maximum absolute atomic E-state index is 11.1. The molecule has 0 aliphatic heterocycles. The van der Waals surface area contributed by atoms with Crippen molar-refractivity contribution < 1.29 is 4.92 Å². The summed E-state index contributed by atoms with van der Waals surface area (Å²) in [5, 5.41) is 17.1. The van der Waals surface area contributed by atoms with Gasteiger partial charge in [0.05, 0.1) is 4.92 Å². The van der Waals surface area contributed by atoms with Crippen molar-refractivity contribution in [2.24, 2.45) is 5.92 Å². The van der Waals surface area contributed by atoms with Gasteiger partial charge in [-0.3, -0.25) is 10.1 Å². The van der Waals surface area contributed by atoms with Crippen LogP contribution in [0.5, 0.6) is 0 Å². The van der Waals surface area contributed by atoms with Gasteiger partial charge in [0.25, 0.3) is 0 Å². The fourth-order valence-electron chi connectivity index (χ4n) is 1.53. The van der Waals surface area contributed by atoms with Gasteiger partial charge in [-0.05, 0) is 19.3 Å². The van der Waals surface area contributed by atoms with Crippen LogP contribution in [0.1, 0.15) is 32.9 Å². The molecule has 106 valence electrons. The highest BCUT2D eigenvalue weighted by atomic mass is 16.6. The molecule has 0 spiro atoms. The van der Waals surface area contributed by atoms with E-state index in [1.165, 1.54) is 0 Å². The summed E-state index contributed by atoms with van der Waals surface area (Å²) >= 11 is 0. The van der Waals surface area contributed by atoms with Crippen LogP contribution in [0.15, 0.2) is 0 Å². The Labute approximate surface area is 113 Å². The molecule has 0 fully saturated rings. The molecule has 0 radical (unpaired) electrons. The van der Waals surface area contributed by atoms with Crippen molar-refractivity contribution in [3.63, 3.8) is 0 Å². The molecular formula is C12H21N5O2.